The van der Waals surface area contributed by atoms with Crippen LogP contribution in [0, 0.1) is 0 Å². The molecule has 0 radical (unpaired) electrons. The summed E-state index contributed by atoms with van der Waals surface area (Å²) in [6.07, 6.45) is 2.87. The molecule has 200 valence electrons. The van der Waals surface area contributed by atoms with E-state index >= 15 is 0 Å². The number of carbonyl (C=O) groups excluding carboxylic acids is 3. The molecular weight excluding hydrogens is 490 g/mol. The lowest BCUT2D eigenvalue weighted by molar-refractivity contribution is -0.137. The largest absolute Gasteiger partial charge is 0.508 e. The highest BCUT2D eigenvalue weighted by atomic mass is 16.5. The average molecular weight is 522 g/mol. The number of nitrogens with one attached hydrogen (secondary N) is 2. The Morgan fingerprint density at radius 2 is 1.84 bits per heavy atom. The summed E-state index contributed by atoms with van der Waals surface area (Å²) in [6.45, 7) is 6.46. The molecule has 0 spiro atoms. The van der Waals surface area contributed by atoms with Gasteiger partial charge in [-0.1, -0.05) is 6.07 Å². The molecule has 38 heavy (non-hydrogen) atoms. The smallest absolute Gasteiger partial charge is 0.313 e. The minimum atomic E-state index is -0.797. The van der Waals surface area contributed by atoms with Crippen LogP contribution in [0.4, 0.5) is 5.69 Å². The fraction of sp³-hybridized carbons (Fsp3) is 0.333. The van der Waals surface area contributed by atoms with E-state index in [0.717, 1.165) is 0 Å². The van der Waals surface area contributed by atoms with Gasteiger partial charge in [-0.05, 0) is 44.2 Å². The van der Waals surface area contributed by atoms with Gasteiger partial charge in [0.15, 0.2) is 12.2 Å². The lowest BCUT2D eigenvalue weighted by Gasteiger charge is -2.39. The van der Waals surface area contributed by atoms with Gasteiger partial charge in [-0.25, -0.2) is 4.98 Å². The Balaban J connectivity index is 1.28. The van der Waals surface area contributed by atoms with Gasteiger partial charge in [0.25, 0.3) is 5.91 Å². The van der Waals surface area contributed by atoms with Crippen LogP contribution in [-0.4, -0.2) is 83.0 Å². The van der Waals surface area contributed by atoms with E-state index in [0.29, 0.717) is 61.0 Å². The van der Waals surface area contributed by atoms with Crippen molar-refractivity contribution in [3.05, 3.63) is 60.6 Å². The summed E-state index contributed by atoms with van der Waals surface area (Å²) in [7, 11) is 1.50. The standard InChI is InChI=1S/C27H31N5O6/c1-27(2,16-31-9-11-32(12-10-31)26(36)18-5-4-6-20(33)13-18)30-25(35)24(34)29-19-7-8-21(22(14-19)37-3)23-15-28-17-38-23/h4-8,13-15,17,33H,9-12,16H2,1-3H3,(H,29,34)(H,30,35). The molecule has 4 rings (SSSR count). The molecule has 0 bridgehead atoms. The number of piperazine rings is 1. The van der Waals surface area contributed by atoms with Crippen LogP contribution in [0.15, 0.2) is 59.5 Å². The molecular formula is C27H31N5O6. The maximum atomic E-state index is 12.7. The Hall–Kier alpha value is -4.38. The Morgan fingerprint density at radius 3 is 2.50 bits per heavy atom. The molecule has 3 aromatic rings. The van der Waals surface area contributed by atoms with Crippen LogP contribution in [0.2, 0.25) is 0 Å². The van der Waals surface area contributed by atoms with Gasteiger partial charge in [0.1, 0.15) is 11.5 Å². The topological polar surface area (TPSA) is 137 Å². The number of carbonyl (C=O) groups is 3. The number of hydrogen-bond donors (Lipinski definition) is 3. The number of hydrogen-bond acceptors (Lipinski definition) is 8. The number of amides is 3. The number of phenolic OH excluding ortho intramolecular Hbond substituents is 1. The third-order valence-corrected chi connectivity index (χ3v) is 6.19. The Bertz CT molecular complexity index is 1300. The van der Waals surface area contributed by atoms with Gasteiger partial charge in [-0.2, -0.15) is 0 Å². The fourth-order valence-corrected chi connectivity index (χ4v) is 4.40. The Labute approximate surface area is 220 Å². The van der Waals surface area contributed by atoms with Crippen molar-refractivity contribution in [3.63, 3.8) is 0 Å². The molecule has 1 aliphatic rings. The monoisotopic (exact) mass is 521 g/mol. The molecule has 0 unspecified atom stereocenters. The van der Waals surface area contributed by atoms with Crippen molar-refractivity contribution >= 4 is 23.4 Å². The molecule has 1 saturated heterocycles. The Kier molecular flexibility index (Phi) is 7.96. The fourth-order valence-electron chi connectivity index (χ4n) is 4.40. The van der Waals surface area contributed by atoms with Crippen LogP contribution in [-0.2, 0) is 9.59 Å². The molecule has 1 aromatic heterocycles. The summed E-state index contributed by atoms with van der Waals surface area (Å²) in [5, 5.41) is 15.0. The number of ether oxygens (including phenoxy) is 1. The summed E-state index contributed by atoms with van der Waals surface area (Å²) in [4.78, 5) is 45.8. The van der Waals surface area contributed by atoms with Crippen molar-refractivity contribution in [1.82, 2.24) is 20.1 Å². The lowest BCUT2D eigenvalue weighted by Crippen LogP contribution is -2.57. The van der Waals surface area contributed by atoms with Gasteiger partial charge >= 0.3 is 11.8 Å². The van der Waals surface area contributed by atoms with E-state index < -0.39 is 17.4 Å². The molecule has 1 aliphatic heterocycles. The summed E-state index contributed by atoms with van der Waals surface area (Å²) >= 11 is 0. The quantitative estimate of drug-likeness (QED) is 0.403. The second-order valence-electron chi connectivity index (χ2n) is 9.69. The van der Waals surface area contributed by atoms with Crippen molar-refractivity contribution in [1.29, 1.82) is 0 Å². The van der Waals surface area contributed by atoms with E-state index in [1.807, 2.05) is 13.8 Å². The third-order valence-electron chi connectivity index (χ3n) is 6.19. The van der Waals surface area contributed by atoms with E-state index in [1.54, 1.807) is 41.4 Å². The van der Waals surface area contributed by atoms with Gasteiger partial charge in [-0.15, -0.1) is 0 Å². The number of aromatic hydroxyl groups is 1. The van der Waals surface area contributed by atoms with Crippen molar-refractivity contribution in [2.24, 2.45) is 0 Å². The van der Waals surface area contributed by atoms with E-state index in [-0.39, 0.29) is 11.7 Å². The zero-order chi connectivity index (χ0) is 27.3. The second kappa shape index (κ2) is 11.3. The number of nitrogens with zero attached hydrogens (tertiary/aromatic N) is 3. The van der Waals surface area contributed by atoms with E-state index in [9.17, 15) is 19.5 Å². The number of methoxy groups -OCH3 is 1. The minimum Gasteiger partial charge on any atom is -0.508 e. The first-order valence-corrected chi connectivity index (χ1v) is 12.2. The van der Waals surface area contributed by atoms with Gasteiger partial charge in [0.05, 0.1) is 18.9 Å². The van der Waals surface area contributed by atoms with Crippen molar-refractivity contribution < 1.29 is 28.6 Å². The molecule has 3 N–H and O–H groups in total. The number of benzene rings is 2. The zero-order valence-corrected chi connectivity index (χ0v) is 21.6. The van der Waals surface area contributed by atoms with E-state index in [2.05, 4.69) is 20.5 Å². The number of oxazole rings is 1. The predicted octanol–water partition coefficient (Wildman–Crippen LogP) is 2.35. The van der Waals surface area contributed by atoms with Crippen LogP contribution in [0.5, 0.6) is 11.5 Å². The molecule has 2 aromatic carbocycles. The molecule has 11 nitrogen and oxygen atoms in total. The Morgan fingerprint density at radius 1 is 1.08 bits per heavy atom. The first kappa shape index (κ1) is 26.7. The second-order valence-corrected chi connectivity index (χ2v) is 9.69. The average Bonchev–Trinajstić information content (AvgIpc) is 3.43. The first-order valence-electron chi connectivity index (χ1n) is 12.2. The molecule has 11 heteroatoms. The SMILES string of the molecule is COc1cc(NC(=O)C(=O)NC(C)(C)CN2CCN(C(=O)c3cccc(O)c3)CC2)ccc1-c1cnco1. The number of aromatic nitrogens is 1. The molecule has 0 aliphatic carbocycles. The zero-order valence-electron chi connectivity index (χ0n) is 21.6. The number of rotatable bonds is 7. The summed E-state index contributed by atoms with van der Waals surface area (Å²) in [5.74, 6) is -0.653. The van der Waals surface area contributed by atoms with Gasteiger partial charge in [0.2, 0.25) is 0 Å². The number of anilines is 1. The maximum Gasteiger partial charge on any atom is 0.313 e. The summed E-state index contributed by atoms with van der Waals surface area (Å²) in [6, 6.07) is 11.3. The lowest BCUT2D eigenvalue weighted by atomic mass is 10.0. The van der Waals surface area contributed by atoms with Gasteiger partial charge < -0.3 is 29.8 Å². The highest BCUT2D eigenvalue weighted by Gasteiger charge is 2.30. The van der Waals surface area contributed by atoms with Crippen molar-refractivity contribution in [2.75, 3.05) is 45.2 Å². The highest BCUT2D eigenvalue weighted by Crippen LogP contribution is 2.32. The molecule has 1 fully saturated rings. The summed E-state index contributed by atoms with van der Waals surface area (Å²) in [5.41, 5.74) is 0.815. The predicted molar refractivity (Wildman–Crippen MR) is 140 cm³/mol. The van der Waals surface area contributed by atoms with Crippen LogP contribution >= 0.6 is 0 Å². The normalized spacial score (nSPS) is 14.1. The summed E-state index contributed by atoms with van der Waals surface area (Å²) < 4.78 is 10.7. The van der Waals surface area contributed by atoms with E-state index in [4.69, 9.17) is 9.15 Å². The third kappa shape index (κ3) is 6.48. The molecule has 0 atom stereocenters. The van der Waals surface area contributed by atoms with Gasteiger partial charge in [0, 0.05) is 55.6 Å². The molecule has 2 heterocycles. The number of phenols is 1. The minimum absolute atomic E-state index is 0.0543. The van der Waals surface area contributed by atoms with Crippen LogP contribution < -0.4 is 15.4 Å². The molecule has 3 amide bonds. The van der Waals surface area contributed by atoms with E-state index in [1.165, 1.54) is 25.6 Å². The maximum absolute atomic E-state index is 12.7. The van der Waals surface area contributed by atoms with Crippen LogP contribution in [0.1, 0.15) is 24.2 Å². The molecule has 0 saturated carbocycles. The highest BCUT2D eigenvalue weighted by molar-refractivity contribution is 6.39. The van der Waals surface area contributed by atoms with Crippen molar-refractivity contribution in [3.8, 4) is 22.8 Å². The van der Waals surface area contributed by atoms with Crippen LogP contribution in [0.25, 0.3) is 11.3 Å². The van der Waals surface area contributed by atoms with Crippen molar-refractivity contribution in [2.45, 2.75) is 19.4 Å². The van der Waals surface area contributed by atoms with Crippen LogP contribution in [0.3, 0.4) is 0 Å². The first-order chi connectivity index (χ1) is 18.1. The van der Waals surface area contributed by atoms with Gasteiger partial charge in [-0.3, -0.25) is 19.3 Å².